The van der Waals surface area contributed by atoms with Gasteiger partial charge in [-0.05, 0) is 18.2 Å². The van der Waals surface area contributed by atoms with E-state index in [1.165, 1.54) is 0 Å². The molecule has 1 aromatic carbocycles. The van der Waals surface area contributed by atoms with Crippen molar-refractivity contribution in [3.63, 3.8) is 0 Å². The molecule has 0 aliphatic rings. The molecule has 0 atom stereocenters. The number of carbonyl (C=O) groups is 1. The maximum atomic E-state index is 11.2. The molecule has 0 heterocycles. The molecule has 0 fully saturated rings. The molecule has 0 saturated heterocycles. The van der Waals surface area contributed by atoms with Crippen LogP contribution in [0.2, 0.25) is 0 Å². The molecular weight excluding hydrogens is 168 g/mol. The second kappa shape index (κ2) is 5.32. The first-order valence-electron chi connectivity index (χ1n) is 3.97. The minimum absolute atomic E-state index is 0.282. The van der Waals surface area contributed by atoms with Crippen molar-refractivity contribution in [2.45, 2.75) is 0 Å². The summed E-state index contributed by atoms with van der Waals surface area (Å²) in [5, 5.41) is 0. The van der Waals surface area contributed by atoms with Crippen LogP contribution in [0.15, 0.2) is 24.3 Å². The Morgan fingerprint density at radius 2 is 2.38 bits per heavy atom. The average Bonchev–Trinajstić information content (AvgIpc) is 2.19. The molecule has 3 nitrogen and oxygen atoms in total. The summed E-state index contributed by atoms with van der Waals surface area (Å²) in [6, 6.07) is 9.55. The quantitative estimate of drug-likeness (QED) is 0.516. The van der Waals surface area contributed by atoms with Gasteiger partial charge in [0.2, 0.25) is 0 Å². The molecule has 0 N–H and O–H groups in total. The van der Waals surface area contributed by atoms with E-state index in [1.807, 2.05) is 0 Å². The number of benzene rings is 1. The third kappa shape index (κ3) is 3.25. The number of hydrogen-bond donors (Lipinski definition) is 0. The van der Waals surface area contributed by atoms with Crippen molar-refractivity contribution in [2.24, 2.45) is 0 Å². The van der Waals surface area contributed by atoms with Gasteiger partial charge in [-0.3, -0.25) is 0 Å². The molecule has 0 aromatic heterocycles. The van der Waals surface area contributed by atoms with Crippen LogP contribution in [0.25, 0.3) is 0 Å². The lowest BCUT2D eigenvalue weighted by Gasteiger charge is -2.02. The summed E-state index contributed by atoms with van der Waals surface area (Å²) in [5.74, 6) is -0.339. The van der Waals surface area contributed by atoms with Gasteiger partial charge in [0.05, 0.1) is 12.2 Å². The summed E-state index contributed by atoms with van der Waals surface area (Å²) < 4.78 is 9.63. The van der Waals surface area contributed by atoms with E-state index < -0.39 is 0 Å². The summed E-state index contributed by atoms with van der Waals surface area (Å²) in [5.41, 5.74) is 0.513. The molecule has 3 heteroatoms. The molecular formula is C10H11O3. The molecule has 0 saturated carbocycles. The second-order valence-corrected chi connectivity index (χ2v) is 2.42. The zero-order valence-electron chi connectivity index (χ0n) is 7.45. The van der Waals surface area contributed by atoms with Gasteiger partial charge in [-0.2, -0.15) is 0 Å². The van der Waals surface area contributed by atoms with Gasteiger partial charge in [-0.15, -0.1) is 0 Å². The molecule has 1 radical (unpaired) electrons. The van der Waals surface area contributed by atoms with Gasteiger partial charge in [0.15, 0.2) is 0 Å². The van der Waals surface area contributed by atoms with Crippen molar-refractivity contribution >= 4 is 5.97 Å². The number of rotatable bonds is 4. The third-order valence-corrected chi connectivity index (χ3v) is 1.46. The van der Waals surface area contributed by atoms with Crippen LogP contribution < -0.4 is 0 Å². The molecule has 0 aliphatic carbocycles. The van der Waals surface area contributed by atoms with Crippen LogP contribution in [0.5, 0.6) is 0 Å². The van der Waals surface area contributed by atoms with Crippen LogP contribution in [0.4, 0.5) is 0 Å². The number of esters is 1. The predicted octanol–water partition coefficient (Wildman–Crippen LogP) is 1.29. The van der Waals surface area contributed by atoms with Gasteiger partial charge >= 0.3 is 5.97 Å². The standard InChI is InChI=1S/C10H11O3/c1-12-7-8-13-10(11)9-5-3-2-4-6-9/h2-3,5-6H,7-8H2,1H3. The Balaban J connectivity index is 2.40. The van der Waals surface area contributed by atoms with E-state index in [2.05, 4.69) is 6.07 Å². The molecule has 0 bridgehead atoms. The van der Waals surface area contributed by atoms with Gasteiger partial charge in [-0.1, -0.05) is 12.1 Å². The fourth-order valence-electron chi connectivity index (χ4n) is 0.821. The van der Waals surface area contributed by atoms with Crippen molar-refractivity contribution in [3.05, 3.63) is 35.9 Å². The molecule has 0 aliphatic heterocycles. The number of methoxy groups -OCH3 is 1. The number of hydrogen-bond acceptors (Lipinski definition) is 3. The first kappa shape index (κ1) is 9.74. The van der Waals surface area contributed by atoms with Crippen LogP contribution in [0.1, 0.15) is 10.4 Å². The minimum Gasteiger partial charge on any atom is -0.460 e. The van der Waals surface area contributed by atoms with Gasteiger partial charge in [0.25, 0.3) is 0 Å². The van der Waals surface area contributed by atoms with Crippen molar-refractivity contribution in [3.8, 4) is 0 Å². The SMILES string of the molecule is COCCOC(=O)c1c[c]ccc1. The van der Waals surface area contributed by atoms with E-state index in [1.54, 1.807) is 31.4 Å². The van der Waals surface area contributed by atoms with Crippen LogP contribution in [0, 0.1) is 6.07 Å². The minimum atomic E-state index is -0.339. The fourth-order valence-corrected chi connectivity index (χ4v) is 0.821. The van der Waals surface area contributed by atoms with E-state index >= 15 is 0 Å². The monoisotopic (exact) mass is 179 g/mol. The van der Waals surface area contributed by atoms with Crippen molar-refractivity contribution in [2.75, 3.05) is 20.3 Å². The van der Waals surface area contributed by atoms with Gasteiger partial charge < -0.3 is 9.47 Å². The zero-order chi connectivity index (χ0) is 9.52. The molecule has 69 valence electrons. The Morgan fingerprint density at radius 3 is 3.00 bits per heavy atom. The van der Waals surface area contributed by atoms with Crippen LogP contribution in [-0.4, -0.2) is 26.3 Å². The van der Waals surface area contributed by atoms with Gasteiger partial charge in [0.1, 0.15) is 6.61 Å². The first-order valence-corrected chi connectivity index (χ1v) is 3.97. The zero-order valence-corrected chi connectivity index (χ0v) is 7.45. The highest BCUT2D eigenvalue weighted by atomic mass is 16.6. The normalized spacial score (nSPS) is 9.62. The Hall–Kier alpha value is -1.35. The second-order valence-electron chi connectivity index (χ2n) is 2.42. The van der Waals surface area contributed by atoms with E-state index in [4.69, 9.17) is 9.47 Å². The van der Waals surface area contributed by atoms with Crippen LogP contribution in [-0.2, 0) is 9.47 Å². The smallest absolute Gasteiger partial charge is 0.338 e. The molecule has 0 amide bonds. The summed E-state index contributed by atoms with van der Waals surface area (Å²) in [4.78, 5) is 11.2. The summed E-state index contributed by atoms with van der Waals surface area (Å²) in [6.07, 6.45) is 0. The Bertz CT molecular complexity index is 256. The highest BCUT2D eigenvalue weighted by molar-refractivity contribution is 5.89. The third-order valence-electron chi connectivity index (χ3n) is 1.46. The van der Waals surface area contributed by atoms with E-state index in [-0.39, 0.29) is 12.6 Å². The summed E-state index contributed by atoms with van der Waals surface area (Å²) in [6.45, 7) is 0.701. The van der Waals surface area contributed by atoms with Crippen molar-refractivity contribution < 1.29 is 14.3 Å². The largest absolute Gasteiger partial charge is 0.460 e. The van der Waals surface area contributed by atoms with Gasteiger partial charge in [-0.25, -0.2) is 4.79 Å². The highest BCUT2D eigenvalue weighted by Crippen LogP contribution is 1.99. The fraction of sp³-hybridized carbons (Fsp3) is 0.300. The lowest BCUT2D eigenvalue weighted by molar-refractivity contribution is 0.0388. The molecule has 1 rings (SSSR count). The van der Waals surface area contributed by atoms with E-state index in [0.717, 1.165) is 0 Å². The lowest BCUT2D eigenvalue weighted by Crippen LogP contribution is -2.09. The van der Waals surface area contributed by atoms with E-state index in [9.17, 15) is 4.79 Å². The maximum Gasteiger partial charge on any atom is 0.338 e. The lowest BCUT2D eigenvalue weighted by atomic mass is 10.2. The Labute approximate surface area is 77.3 Å². The predicted molar refractivity (Wildman–Crippen MR) is 47.4 cm³/mol. The van der Waals surface area contributed by atoms with Crippen LogP contribution >= 0.6 is 0 Å². The van der Waals surface area contributed by atoms with Crippen LogP contribution in [0.3, 0.4) is 0 Å². The molecule has 13 heavy (non-hydrogen) atoms. The van der Waals surface area contributed by atoms with Crippen molar-refractivity contribution in [1.82, 2.24) is 0 Å². The Kier molecular flexibility index (Phi) is 3.99. The average molecular weight is 179 g/mol. The number of carbonyl (C=O) groups excluding carboxylic acids is 1. The first-order chi connectivity index (χ1) is 6.34. The van der Waals surface area contributed by atoms with E-state index in [0.29, 0.717) is 12.2 Å². The molecule has 0 spiro atoms. The molecule has 0 unspecified atom stereocenters. The highest BCUT2D eigenvalue weighted by Gasteiger charge is 2.04. The Morgan fingerprint density at radius 1 is 1.54 bits per heavy atom. The maximum absolute atomic E-state index is 11.2. The number of ether oxygens (including phenoxy) is 2. The van der Waals surface area contributed by atoms with Crippen molar-refractivity contribution in [1.29, 1.82) is 0 Å². The molecule has 1 aromatic rings. The summed E-state index contributed by atoms with van der Waals surface area (Å²) in [7, 11) is 1.56. The topological polar surface area (TPSA) is 35.5 Å². The summed E-state index contributed by atoms with van der Waals surface area (Å²) >= 11 is 0. The van der Waals surface area contributed by atoms with Gasteiger partial charge in [0, 0.05) is 7.11 Å².